The highest BCUT2D eigenvalue weighted by atomic mass is 32.2. The Labute approximate surface area is 202 Å². The maximum Gasteiger partial charge on any atom is 0.326 e. The van der Waals surface area contributed by atoms with Crippen molar-refractivity contribution < 1.29 is 39.0 Å². The molecule has 0 aliphatic rings. The second kappa shape index (κ2) is 15.9. The number of nitrogens with one attached hydrogen (secondary N) is 3. The number of carboxylic acids is 2. The summed E-state index contributed by atoms with van der Waals surface area (Å²) in [6.45, 7) is 3.53. The van der Waals surface area contributed by atoms with Crippen LogP contribution in [0.4, 0.5) is 0 Å². The average Bonchev–Trinajstić information content (AvgIpc) is 2.76. The summed E-state index contributed by atoms with van der Waals surface area (Å²) >= 11 is 1.38. The molecular weight excluding hydrogens is 470 g/mol. The highest BCUT2D eigenvalue weighted by molar-refractivity contribution is 7.98. The summed E-state index contributed by atoms with van der Waals surface area (Å²) in [6, 6.07) is -5.19. The van der Waals surface area contributed by atoms with E-state index in [0.29, 0.717) is 12.2 Å². The van der Waals surface area contributed by atoms with E-state index in [9.17, 15) is 33.9 Å². The van der Waals surface area contributed by atoms with Gasteiger partial charge in [-0.3, -0.25) is 24.0 Å². The molecular formula is C20H35N5O8S. The molecule has 13 nitrogen and oxygen atoms in total. The van der Waals surface area contributed by atoms with Crippen LogP contribution in [0.25, 0.3) is 0 Å². The van der Waals surface area contributed by atoms with E-state index >= 15 is 0 Å². The first-order valence-electron chi connectivity index (χ1n) is 10.7. The SMILES string of the molecule is CCC(C)C(N)C(=O)NC(CC(=O)O)C(=O)NC(CCC(N)=O)C(=O)NC(CCSC)C(=O)O. The molecule has 0 saturated heterocycles. The van der Waals surface area contributed by atoms with E-state index in [1.54, 1.807) is 13.2 Å². The van der Waals surface area contributed by atoms with E-state index in [1.165, 1.54) is 11.8 Å². The number of aliphatic carboxylic acids is 2. The molecule has 14 heteroatoms. The van der Waals surface area contributed by atoms with Gasteiger partial charge in [0.05, 0.1) is 12.5 Å². The first-order valence-corrected chi connectivity index (χ1v) is 12.1. The van der Waals surface area contributed by atoms with Crippen LogP contribution in [0.1, 0.15) is 46.0 Å². The molecule has 0 aromatic heterocycles. The maximum absolute atomic E-state index is 12.8. The molecule has 194 valence electrons. The lowest BCUT2D eigenvalue weighted by Gasteiger charge is -2.25. The first kappa shape index (κ1) is 31.1. The number of nitrogens with two attached hydrogens (primary N) is 2. The van der Waals surface area contributed by atoms with Crippen molar-refractivity contribution in [1.82, 2.24) is 16.0 Å². The van der Waals surface area contributed by atoms with E-state index in [0.717, 1.165) is 0 Å². The van der Waals surface area contributed by atoms with Crippen molar-refractivity contribution in [1.29, 1.82) is 0 Å². The summed E-state index contributed by atoms with van der Waals surface area (Å²) in [5, 5.41) is 25.3. The third-order valence-electron chi connectivity index (χ3n) is 5.11. The number of rotatable bonds is 17. The minimum Gasteiger partial charge on any atom is -0.481 e. The predicted molar refractivity (Wildman–Crippen MR) is 125 cm³/mol. The van der Waals surface area contributed by atoms with Crippen LogP contribution in [0, 0.1) is 5.92 Å². The van der Waals surface area contributed by atoms with E-state index < -0.39 is 66.2 Å². The summed E-state index contributed by atoms with van der Waals surface area (Å²) < 4.78 is 0. The van der Waals surface area contributed by atoms with E-state index in [2.05, 4.69) is 16.0 Å². The van der Waals surface area contributed by atoms with Gasteiger partial charge >= 0.3 is 11.9 Å². The van der Waals surface area contributed by atoms with Gasteiger partial charge in [0.25, 0.3) is 0 Å². The van der Waals surface area contributed by atoms with Crippen molar-refractivity contribution in [3.63, 3.8) is 0 Å². The summed E-state index contributed by atoms with van der Waals surface area (Å²) in [4.78, 5) is 71.7. The van der Waals surface area contributed by atoms with Gasteiger partial charge in [-0.15, -0.1) is 0 Å². The van der Waals surface area contributed by atoms with Crippen LogP contribution < -0.4 is 27.4 Å². The number of amides is 4. The summed E-state index contributed by atoms with van der Waals surface area (Å²) in [7, 11) is 0. The molecule has 5 unspecified atom stereocenters. The molecule has 0 aromatic carbocycles. The third kappa shape index (κ3) is 11.8. The zero-order chi connectivity index (χ0) is 26.4. The maximum atomic E-state index is 12.8. The van der Waals surface area contributed by atoms with Crippen LogP contribution in [0.5, 0.6) is 0 Å². The Bertz CT molecular complexity index is 750. The molecule has 4 amide bonds. The Kier molecular flexibility index (Phi) is 14.5. The molecule has 0 aromatic rings. The Hall–Kier alpha value is -2.87. The van der Waals surface area contributed by atoms with Crippen molar-refractivity contribution in [2.45, 2.75) is 70.1 Å². The number of hydrogen-bond donors (Lipinski definition) is 7. The lowest BCUT2D eigenvalue weighted by Crippen LogP contribution is -2.58. The average molecular weight is 506 g/mol. The fraction of sp³-hybridized carbons (Fsp3) is 0.700. The van der Waals surface area contributed by atoms with Gasteiger partial charge in [-0.25, -0.2) is 4.79 Å². The van der Waals surface area contributed by atoms with Gasteiger partial charge < -0.3 is 37.6 Å². The first-order chi connectivity index (χ1) is 15.8. The van der Waals surface area contributed by atoms with Crippen molar-refractivity contribution in [2.75, 3.05) is 12.0 Å². The van der Waals surface area contributed by atoms with Crippen molar-refractivity contribution in [3.05, 3.63) is 0 Å². The number of carboxylic acid groups (broad SMARTS) is 2. The van der Waals surface area contributed by atoms with E-state index in [1.807, 2.05) is 6.92 Å². The van der Waals surface area contributed by atoms with Crippen molar-refractivity contribution >= 4 is 47.3 Å². The summed E-state index contributed by atoms with van der Waals surface area (Å²) in [5.41, 5.74) is 11.0. The number of primary amides is 1. The topological polar surface area (TPSA) is 231 Å². The normalized spacial score (nSPS) is 15.2. The van der Waals surface area contributed by atoms with Gasteiger partial charge in [-0.2, -0.15) is 11.8 Å². The second-order valence-electron chi connectivity index (χ2n) is 7.82. The number of carbonyl (C=O) groups is 6. The molecule has 34 heavy (non-hydrogen) atoms. The molecule has 0 aliphatic heterocycles. The molecule has 0 aliphatic carbocycles. The summed E-state index contributed by atoms with van der Waals surface area (Å²) in [6.07, 6.45) is 1.09. The van der Waals surface area contributed by atoms with Gasteiger partial charge in [0.15, 0.2) is 0 Å². The monoisotopic (exact) mass is 505 g/mol. The predicted octanol–water partition coefficient (Wildman–Crippen LogP) is -1.61. The second-order valence-corrected chi connectivity index (χ2v) is 8.80. The van der Waals surface area contributed by atoms with Gasteiger partial charge in [0.1, 0.15) is 18.1 Å². The molecule has 9 N–H and O–H groups in total. The lowest BCUT2D eigenvalue weighted by molar-refractivity contribution is -0.143. The standard InChI is InChI=1S/C20H35N5O8S/c1-4-10(2)16(22)19(31)25-13(9-15(27)28)18(30)23-11(5-6-14(21)26)17(29)24-12(20(32)33)7-8-34-3/h10-13,16H,4-9,22H2,1-3H3,(H2,21,26)(H,23,30)(H,24,29)(H,25,31)(H,27,28)(H,32,33). The molecule has 0 rings (SSSR count). The number of carbonyl (C=O) groups excluding carboxylic acids is 4. The Balaban J connectivity index is 5.59. The number of hydrogen-bond acceptors (Lipinski definition) is 8. The molecule has 0 saturated carbocycles. The van der Waals surface area contributed by atoms with Crippen LogP contribution >= 0.6 is 11.8 Å². The van der Waals surface area contributed by atoms with E-state index in [4.69, 9.17) is 16.6 Å². The van der Waals surface area contributed by atoms with Gasteiger partial charge in [-0.1, -0.05) is 20.3 Å². The van der Waals surface area contributed by atoms with Crippen molar-refractivity contribution in [3.8, 4) is 0 Å². The molecule has 0 bridgehead atoms. The minimum atomic E-state index is -1.56. The van der Waals surface area contributed by atoms with Gasteiger partial charge in [0.2, 0.25) is 23.6 Å². The molecule has 0 spiro atoms. The van der Waals surface area contributed by atoms with E-state index in [-0.39, 0.29) is 25.2 Å². The Morgan fingerprint density at radius 3 is 1.88 bits per heavy atom. The quantitative estimate of drug-likeness (QED) is 0.119. The Morgan fingerprint density at radius 2 is 1.41 bits per heavy atom. The molecule has 0 radical (unpaired) electrons. The zero-order valence-electron chi connectivity index (χ0n) is 19.5. The van der Waals surface area contributed by atoms with Gasteiger partial charge in [-0.05, 0) is 30.8 Å². The third-order valence-corrected chi connectivity index (χ3v) is 5.75. The fourth-order valence-electron chi connectivity index (χ4n) is 2.76. The highest BCUT2D eigenvalue weighted by Crippen LogP contribution is 2.08. The minimum absolute atomic E-state index is 0.115. The molecule has 0 heterocycles. The smallest absolute Gasteiger partial charge is 0.326 e. The van der Waals surface area contributed by atoms with Crippen molar-refractivity contribution in [2.24, 2.45) is 17.4 Å². The van der Waals surface area contributed by atoms with Crippen LogP contribution in [0.3, 0.4) is 0 Å². The summed E-state index contributed by atoms with van der Waals surface area (Å²) in [5.74, 6) is -5.87. The largest absolute Gasteiger partial charge is 0.481 e. The Morgan fingerprint density at radius 1 is 0.882 bits per heavy atom. The van der Waals surface area contributed by atoms with Crippen LogP contribution in [0.2, 0.25) is 0 Å². The fourth-order valence-corrected chi connectivity index (χ4v) is 3.23. The number of thioether (sulfide) groups is 1. The molecule has 0 fully saturated rings. The van der Waals surface area contributed by atoms with Gasteiger partial charge in [0, 0.05) is 6.42 Å². The zero-order valence-corrected chi connectivity index (χ0v) is 20.4. The lowest BCUT2D eigenvalue weighted by atomic mass is 9.99. The molecule has 5 atom stereocenters. The van der Waals surface area contributed by atoms with Crippen LogP contribution in [-0.4, -0.2) is 82.0 Å². The van der Waals surface area contributed by atoms with Crippen LogP contribution in [0.15, 0.2) is 0 Å². The van der Waals surface area contributed by atoms with Crippen LogP contribution in [-0.2, 0) is 28.8 Å². The highest BCUT2D eigenvalue weighted by Gasteiger charge is 2.32.